The lowest BCUT2D eigenvalue weighted by Gasteiger charge is -2.25. The van der Waals surface area contributed by atoms with E-state index in [9.17, 15) is 4.80 Å². The molecule has 0 saturated heterocycles. The van der Waals surface area contributed by atoms with Crippen molar-refractivity contribution >= 4 is 18.7 Å². The predicted molar refractivity (Wildman–Crippen MR) is 79.1 cm³/mol. The van der Waals surface area contributed by atoms with Gasteiger partial charge in [0.1, 0.15) is 11.5 Å². The van der Waals surface area contributed by atoms with Crippen LogP contribution in [0.4, 0.5) is 0 Å². The standard InChI is InChI=1S/C15H18O3Si/c1-17-12-8-4-6-10-14(12)19(3,16)15-11-7-5-9-13(15)18-2/h4-11,16H,1-3H3. The third-order valence-electron chi connectivity index (χ3n) is 3.26. The zero-order chi connectivity index (χ0) is 13.9. The van der Waals surface area contributed by atoms with Crippen LogP contribution >= 0.6 is 0 Å². The molecule has 0 aliphatic rings. The molecule has 2 rings (SSSR count). The lowest BCUT2D eigenvalue weighted by atomic mass is 10.3. The van der Waals surface area contributed by atoms with Crippen LogP contribution in [0.2, 0.25) is 6.55 Å². The summed E-state index contributed by atoms with van der Waals surface area (Å²) in [7, 11) is 0.397. The molecule has 0 aromatic heterocycles. The second kappa shape index (κ2) is 5.46. The molecule has 19 heavy (non-hydrogen) atoms. The van der Waals surface area contributed by atoms with Crippen LogP contribution < -0.4 is 19.8 Å². The summed E-state index contributed by atoms with van der Waals surface area (Å²) in [5.41, 5.74) is 0. The Morgan fingerprint density at radius 3 is 1.53 bits per heavy atom. The molecule has 0 aliphatic heterocycles. The van der Waals surface area contributed by atoms with Gasteiger partial charge >= 0.3 is 0 Å². The van der Waals surface area contributed by atoms with Crippen LogP contribution in [0.1, 0.15) is 0 Å². The van der Waals surface area contributed by atoms with Crippen LogP contribution in [0.3, 0.4) is 0 Å². The summed E-state index contributed by atoms with van der Waals surface area (Å²) < 4.78 is 10.7. The van der Waals surface area contributed by atoms with E-state index in [-0.39, 0.29) is 0 Å². The van der Waals surface area contributed by atoms with Gasteiger partial charge in [-0.3, -0.25) is 0 Å². The minimum atomic E-state index is -2.84. The van der Waals surface area contributed by atoms with Crippen LogP contribution in [-0.2, 0) is 0 Å². The first-order valence-electron chi connectivity index (χ1n) is 6.10. The van der Waals surface area contributed by atoms with E-state index in [1.54, 1.807) is 14.2 Å². The summed E-state index contributed by atoms with van der Waals surface area (Å²) in [5, 5.41) is 1.70. The summed E-state index contributed by atoms with van der Waals surface area (Å²) in [6.07, 6.45) is 0. The lowest BCUT2D eigenvalue weighted by molar-refractivity contribution is 0.414. The molecule has 2 aromatic carbocycles. The summed E-state index contributed by atoms with van der Waals surface area (Å²) >= 11 is 0. The highest BCUT2D eigenvalue weighted by molar-refractivity contribution is 6.96. The van der Waals surface area contributed by atoms with Crippen molar-refractivity contribution in [2.24, 2.45) is 0 Å². The molecule has 0 fully saturated rings. The molecule has 3 nitrogen and oxygen atoms in total. The van der Waals surface area contributed by atoms with Crippen molar-refractivity contribution in [2.75, 3.05) is 14.2 Å². The van der Waals surface area contributed by atoms with Gasteiger partial charge in [-0.05, 0) is 18.7 Å². The van der Waals surface area contributed by atoms with Gasteiger partial charge in [-0.15, -0.1) is 0 Å². The summed E-state index contributed by atoms with van der Waals surface area (Å²) in [5.74, 6) is 1.43. The van der Waals surface area contributed by atoms with Crippen molar-refractivity contribution in [2.45, 2.75) is 6.55 Å². The fourth-order valence-electron chi connectivity index (χ4n) is 2.24. The van der Waals surface area contributed by atoms with Gasteiger partial charge in [0.05, 0.1) is 14.2 Å². The van der Waals surface area contributed by atoms with Crippen molar-refractivity contribution < 1.29 is 14.3 Å². The zero-order valence-electron chi connectivity index (χ0n) is 11.4. The number of benzene rings is 2. The summed E-state index contributed by atoms with van der Waals surface area (Å²) in [6.45, 7) is 1.88. The second-order valence-corrected chi connectivity index (χ2v) is 7.69. The van der Waals surface area contributed by atoms with Crippen molar-refractivity contribution in [1.82, 2.24) is 0 Å². The van der Waals surface area contributed by atoms with Crippen molar-refractivity contribution in [3.63, 3.8) is 0 Å². The predicted octanol–water partition coefficient (Wildman–Crippen LogP) is 1.39. The Morgan fingerprint density at radius 1 is 0.789 bits per heavy atom. The molecule has 0 amide bonds. The molecule has 0 aliphatic carbocycles. The van der Waals surface area contributed by atoms with Crippen LogP contribution in [0.5, 0.6) is 11.5 Å². The second-order valence-electron chi connectivity index (χ2n) is 4.47. The van der Waals surface area contributed by atoms with Crippen LogP contribution in [0.25, 0.3) is 0 Å². The van der Waals surface area contributed by atoms with Crippen molar-refractivity contribution in [1.29, 1.82) is 0 Å². The molecular weight excluding hydrogens is 256 g/mol. The van der Waals surface area contributed by atoms with Crippen LogP contribution in [-0.4, -0.2) is 27.3 Å². The summed E-state index contributed by atoms with van der Waals surface area (Å²) in [6, 6.07) is 15.2. The zero-order valence-corrected chi connectivity index (χ0v) is 12.4. The fraction of sp³-hybridized carbons (Fsp3) is 0.200. The average molecular weight is 274 g/mol. The minimum absolute atomic E-state index is 0.713. The molecule has 0 unspecified atom stereocenters. The molecule has 0 heterocycles. The quantitative estimate of drug-likeness (QED) is 0.856. The molecule has 1 N–H and O–H groups in total. The highest BCUT2D eigenvalue weighted by Crippen LogP contribution is 2.16. The third kappa shape index (κ3) is 2.50. The maximum atomic E-state index is 11.1. The van der Waals surface area contributed by atoms with E-state index >= 15 is 0 Å². The number of rotatable bonds is 4. The number of para-hydroxylation sites is 2. The molecule has 100 valence electrons. The van der Waals surface area contributed by atoms with E-state index in [1.807, 2.05) is 55.1 Å². The largest absolute Gasteiger partial charge is 0.497 e. The molecule has 0 saturated carbocycles. The Balaban J connectivity index is 2.58. The number of ether oxygens (including phenoxy) is 2. The van der Waals surface area contributed by atoms with Gasteiger partial charge in [0.15, 0.2) is 0 Å². The van der Waals surface area contributed by atoms with Crippen molar-refractivity contribution in [3.05, 3.63) is 48.5 Å². The van der Waals surface area contributed by atoms with Crippen LogP contribution in [0.15, 0.2) is 48.5 Å². The molecular formula is C15H18O3Si. The van der Waals surface area contributed by atoms with Gasteiger partial charge in [0, 0.05) is 10.4 Å². The summed E-state index contributed by atoms with van der Waals surface area (Å²) in [4.78, 5) is 11.1. The molecule has 0 spiro atoms. The Kier molecular flexibility index (Phi) is 3.92. The number of hydrogen-bond donors (Lipinski definition) is 1. The topological polar surface area (TPSA) is 38.7 Å². The van der Waals surface area contributed by atoms with E-state index in [0.717, 1.165) is 10.4 Å². The van der Waals surface area contributed by atoms with E-state index < -0.39 is 8.32 Å². The smallest absolute Gasteiger partial charge is 0.256 e. The first-order chi connectivity index (χ1) is 9.11. The van der Waals surface area contributed by atoms with E-state index in [4.69, 9.17) is 9.47 Å². The van der Waals surface area contributed by atoms with Gasteiger partial charge in [0.25, 0.3) is 8.32 Å². The molecule has 0 atom stereocenters. The third-order valence-corrected chi connectivity index (χ3v) is 6.19. The Hall–Kier alpha value is -1.78. The van der Waals surface area contributed by atoms with Gasteiger partial charge in [-0.25, -0.2) is 0 Å². The number of methoxy groups -OCH3 is 2. The Labute approximate surface area is 114 Å². The Bertz CT molecular complexity index is 517. The minimum Gasteiger partial charge on any atom is -0.497 e. The maximum Gasteiger partial charge on any atom is 0.256 e. The molecule has 0 radical (unpaired) electrons. The van der Waals surface area contributed by atoms with E-state index in [0.29, 0.717) is 11.5 Å². The van der Waals surface area contributed by atoms with Crippen molar-refractivity contribution in [3.8, 4) is 11.5 Å². The molecule has 4 heteroatoms. The highest BCUT2D eigenvalue weighted by Gasteiger charge is 2.35. The first kappa shape index (κ1) is 13.6. The first-order valence-corrected chi connectivity index (χ1v) is 8.55. The Morgan fingerprint density at radius 2 is 1.16 bits per heavy atom. The molecule has 2 aromatic rings. The van der Waals surface area contributed by atoms with Gasteiger partial charge in [-0.2, -0.15) is 0 Å². The average Bonchev–Trinajstić information content (AvgIpc) is 2.47. The van der Waals surface area contributed by atoms with E-state index in [1.165, 1.54) is 0 Å². The van der Waals surface area contributed by atoms with Crippen LogP contribution in [0, 0.1) is 0 Å². The monoisotopic (exact) mass is 274 g/mol. The SMILES string of the molecule is COc1ccccc1[Si](C)(O)c1ccccc1OC. The number of hydrogen-bond acceptors (Lipinski definition) is 3. The fourth-order valence-corrected chi connectivity index (χ4v) is 4.70. The normalized spacial score (nSPS) is 11.2. The van der Waals surface area contributed by atoms with Gasteiger partial charge in [-0.1, -0.05) is 36.4 Å². The highest BCUT2D eigenvalue weighted by atomic mass is 28.4. The lowest BCUT2D eigenvalue weighted by Crippen LogP contribution is -2.56. The molecule has 0 bridgehead atoms. The van der Waals surface area contributed by atoms with Gasteiger partial charge < -0.3 is 14.3 Å². The maximum absolute atomic E-state index is 11.1. The van der Waals surface area contributed by atoms with E-state index in [2.05, 4.69) is 0 Å². The van der Waals surface area contributed by atoms with Gasteiger partial charge in [0.2, 0.25) is 0 Å².